The second kappa shape index (κ2) is 7.73. The fraction of sp³-hybridized carbons (Fsp3) is 0.188. The van der Waals surface area contributed by atoms with Crippen LogP contribution >= 0.6 is 15.9 Å². The number of nitrogens with zero attached hydrogens (tertiary/aromatic N) is 1. The van der Waals surface area contributed by atoms with Crippen molar-refractivity contribution < 1.29 is 19.1 Å². The van der Waals surface area contributed by atoms with E-state index in [-0.39, 0.29) is 12.8 Å². The Morgan fingerprint density at radius 1 is 1.22 bits per heavy atom. The molecule has 0 saturated carbocycles. The summed E-state index contributed by atoms with van der Waals surface area (Å²) < 4.78 is 5.96. The van der Waals surface area contributed by atoms with Crippen LogP contribution in [0.4, 0.5) is 0 Å². The molecule has 0 saturated heterocycles. The normalized spacial score (nSPS) is 11.3. The average Bonchev–Trinajstić information content (AvgIpc) is 2.94. The van der Waals surface area contributed by atoms with Crippen molar-refractivity contribution in [3.8, 4) is 0 Å². The van der Waals surface area contributed by atoms with E-state index in [1.807, 2.05) is 12.1 Å². The number of furan rings is 1. The number of carbonyl (C=O) groups is 2. The second-order valence-corrected chi connectivity index (χ2v) is 5.68. The molecule has 0 unspecified atom stereocenters. The minimum atomic E-state index is -1.17. The van der Waals surface area contributed by atoms with Crippen LogP contribution in [-0.4, -0.2) is 17.6 Å². The van der Waals surface area contributed by atoms with Gasteiger partial charge >= 0.3 is 0 Å². The lowest BCUT2D eigenvalue weighted by Crippen LogP contribution is -2.24. The zero-order valence-electron chi connectivity index (χ0n) is 12.3. The molecule has 0 radical (unpaired) electrons. The number of hydrogen-bond donors (Lipinski definition) is 1. The van der Waals surface area contributed by atoms with Crippen molar-refractivity contribution in [2.24, 2.45) is 5.10 Å². The molecule has 0 aliphatic carbocycles. The van der Waals surface area contributed by atoms with Crippen LogP contribution in [0.3, 0.4) is 0 Å². The van der Waals surface area contributed by atoms with E-state index in [9.17, 15) is 14.7 Å². The monoisotopic (exact) mass is 377 g/mol. The fourth-order valence-corrected chi connectivity index (χ4v) is 2.19. The van der Waals surface area contributed by atoms with Crippen LogP contribution in [-0.2, 0) is 4.79 Å². The standard InChI is InChI=1S/C16H15BrN2O4/c1-10-13(8-9-23-10)16(22)19-18-14(6-7-15(20)21)11-2-4-12(17)5-3-11/h2-5,8-9H,6-7H2,1H3,(H,19,22)(H,20,21)/p-1/b18-14-. The number of carboxylic acid groups (broad SMARTS) is 1. The number of aliphatic carboxylic acids is 1. The minimum absolute atomic E-state index is 0.147. The maximum absolute atomic E-state index is 12.0. The first-order chi connectivity index (χ1) is 11.0. The predicted octanol–water partition coefficient (Wildman–Crippen LogP) is 2.01. The highest BCUT2D eigenvalue weighted by atomic mass is 79.9. The smallest absolute Gasteiger partial charge is 0.274 e. The molecule has 2 aromatic rings. The van der Waals surface area contributed by atoms with Gasteiger partial charge in [-0.15, -0.1) is 0 Å². The van der Waals surface area contributed by atoms with Crippen molar-refractivity contribution >= 4 is 33.5 Å². The highest BCUT2D eigenvalue weighted by Gasteiger charge is 2.11. The number of benzene rings is 1. The third-order valence-electron chi connectivity index (χ3n) is 3.14. The van der Waals surface area contributed by atoms with Crippen LogP contribution < -0.4 is 10.5 Å². The molecular weight excluding hydrogens is 364 g/mol. The molecule has 0 bridgehead atoms. The van der Waals surface area contributed by atoms with Gasteiger partial charge < -0.3 is 14.3 Å². The maximum atomic E-state index is 12.0. The van der Waals surface area contributed by atoms with E-state index < -0.39 is 11.9 Å². The van der Waals surface area contributed by atoms with Gasteiger partial charge in [-0.2, -0.15) is 5.10 Å². The lowest BCUT2D eigenvalue weighted by Gasteiger charge is -2.08. The Kier molecular flexibility index (Phi) is 5.70. The first-order valence-electron chi connectivity index (χ1n) is 6.84. The maximum Gasteiger partial charge on any atom is 0.274 e. The van der Waals surface area contributed by atoms with Crippen LogP contribution in [0.2, 0.25) is 0 Å². The number of amides is 1. The third kappa shape index (κ3) is 4.79. The van der Waals surface area contributed by atoms with Gasteiger partial charge in [0.25, 0.3) is 5.91 Å². The molecule has 1 N–H and O–H groups in total. The van der Waals surface area contributed by atoms with Crippen molar-refractivity contribution in [3.05, 3.63) is 58.0 Å². The third-order valence-corrected chi connectivity index (χ3v) is 3.67. The number of hydrazone groups is 1. The summed E-state index contributed by atoms with van der Waals surface area (Å²) in [6.07, 6.45) is 1.38. The number of hydrogen-bond acceptors (Lipinski definition) is 5. The van der Waals surface area contributed by atoms with Gasteiger partial charge in [0.05, 0.1) is 17.5 Å². The Morgan fingerprint density at radius 2 is 1.91 bits per heavy atom. The van der Waals surface area contributed by atoms with Crippen LogP contribution in [0.25, 0.3) is 0 Å². The first-order valence-corrected chi connectivity index (χ1v) is 7.63. The number of carboxylic acids is 1. The van der Waals surface area contributed by atoms with Gasteiger partial charge in [-0.25, -0.2) is 5.43 Å². The van der Waals surface area contributed by atoms with Crippen LogP contribution in [0.5, 0.6) is 0 Å². The SMILES string of the molecule is Cc1occc1C(=O)N/N=C(/CCC(=O)[O-])c1ccc(Br)cc1. The quantitative estimate of drug-likeness (QED) is 0.615. The number of aryl methyl sites for hydroxylation is 1. The van der Waals surface area contributed by atoms with Crippen molar-refractivity contribution in [3.63, 3.8) is 0 Å². The molecule has 1 amide bonds. The summed E-state index contributed by atoms with van der Waals surface area (Å²) in [5, 5.41) is 14.7. The van der Waals surface area contributed by atoms with Gasteiger partial charge in [0.2, 0.25) is 0 Å². The summed E-state index contributed by atoms with van der Waals surface area (Å²) in [6, 6.07) is 8.74. The molecule has 0 fully saturated rings. The van der Waals surface area contributed by atoms with E-state index in [0.717, 1.165) is 10.0 Å². The molecule has 120 valence electrons. The van der Waals surface area contributed by atoms with E-state index in [4.69, 9.17) is 4.42 Å². The largest absolute Gasteiger partial charge is 0.550 e. The molecule has 1 aromatic heterocycles. The summed E-state index contributed by atoms with van der Waals surface area (Å²) in [6.45, 7) is 1.67. The van der Waals surface area contributed by atoms with Gasteiger partial charge in [0.15, 0.2) is 0 Å². The number of nitrogens with one attached hydrogen (secondary N) is 1. The number of halogens is 1. The highest BCUT2D eigenvalue weighted by Crippen LogP contribution is 2.14. The zero-order valence-corrected chi connectivity index (χ0v) is 13.9. The van der Waals surface area contributed by atoms with Crippen molar-refractivity contribution in [2.45, 2.75) is 19.8 Å². The first kappa shape index (κ1) is 17.0. The summed E-state index contributed by atoms with van der Waals surface area (Å²) in [5.74, 6) is -1.11. The van der Waals surface area contributed by atoms with Crippen molar-refractivity contribution in [1.29, 1.82) is 0 Å². The van der Waals surface area contributed by atoms with Gasteiger partial charge in [0.1, 0.15) is 5.76 Å². The molecular formula is C16H14BrN2O4-. The Labute approximate surface area is 141 Å². The molecule has 0 aliphatic heterocycles. The molecule has 0 aliphatic rings. The lowest BCUT2D eigenvalue weighted by atomic mass is 10.1. The van der Waals surface area contributed by atoms with Crippen LogP contribution in [0.15, 0.2) is 50.6 Å². The number of carbonyl (C=O) groups excluding carboxylic acids is 2. The van der Waals surface area contributed by atoms with Crippen LogP contribution in [0.1, 0.15) is 34.5 Å². The van der Waals surface area contributed by atoms with E-state index >= 15 is 0 Å². The van der Waals surface area contributed by atoms with Gasteiger partial charge in [-0.1, -0.05) is 28.1 Å². The summed E-state index contributed by atoms with van der Waals surface area (Å²) in [5.41, 5.74) is 3.98. The second-order valence-electron chi connectivity index (χ2n) is 4.77. The molecule has 0 spiro atoms. The van der Waals surface area contributed by atoms with E-state index in [0.29, 0.717) is 17.0 Å². The van der Waals surface area contributed by atoms with E-state index in [1.54, 1.807) is 25.1 Å². The molecule has 1 heterocycles. The van der Waals surface area contributed by atoms with Crippen LogP contribution in [0, 0.1) is 6.92 Å². The fourth-order valence-electron chi connectivity index (χ4n) is 1.93. The van der Waals surface area contributed by atoms with Gasteiger partial charge in [-0.05, 0) is 43.5 Å². The van der Waals surface area contributed by atoms with Gasteiger partial charge in [-0.3, -0.25) is 4.79 Å². The average molecular weight is 378 g/mol. The van der Waals surface area contributed by atoms with Gasteiger partial charge in [0, 0.05) is 10.4 Å². The molecule has 7 heteroatoms. The zero-order chi connectivity index (χ0) is 16.8. The molecule has 1 aromatic carbocycles. The Morgan fingerprint density at radius 3 is 2.48 bits per heavy atom. The Hall–Kier alpha value is -2.41. The minimum Gasteiger partial charge on any atom is -0.550 e. The van der Waals surface area contributed by atoms with Crippen molar-refractivity contribution in [1.82, 2.24) is 5.43 Å². The molecule has 6 nitrogen and oxygen atoms in total. The Balaban J connectivity index is 2.18. The highest BCUT2D eigenvalue weighted by molar-refractivity contribution is 9.10. The Bertz CT molecular complexity index is 735. The van der Waals surface area contributed by atoms with Crippen molar-refractivity contribution in [2.75, 3.05) is 0 Å². The lowest BCUT2D eigenvalue weighted by molar-refractivity contribution is -0.305. The summed E-state index contributed by atoms with van der Waals surface area (Å²) in [4.78, 5) is 22.7. The summed E-state index contributed by atoms with van der Waals surface area (Å²) in [7, 11) is 0. The van der Waals surface area contributed by atoms with E-state index in [2.05, 4.69) is 26.5 Å². The summed E-state index contributed by atoms with van der Waals surface area (Å²) >= 11 is 3.33. The molecule has 23 heavy (non-hydrogen) atoms. The predicted molar refractivity (Wildman–Crippen MR) is 85.8 cm³/mol. The molecule has 2 rings (SSSR count). The molecule has 0 atom stereocenters. The van der Waals surface area contributed by atoms with E-state index in [1.165, 1.54) is 6.26 Å². The number of rotatable bonds is 6. The topological polar surface area (TPSA) is 94.7 Å².